The molecule has 29 heavy (non-hydrogen) atoms. The van der Waals surface area contributed by atoms with Crippen LogP contribution in [0.15, 0.2) is 47.0 Å². The van der Waals surface area contributed by atoms with Crippen LogP contribution in [0, 0.1) is 19.8 Å². The van der Waals surface area contributed by atoms with Gasteiger partial charge >= 0.3 is 0 Å². The molecule has 0 saturated carbocycles. The minimum absolute atomic E-state index is 0.00345. The Morgan fingerprint density at radius 1 is 1.24 bits per heavy atom. The Labute approximate surface area is 172 Å². The first-order valence-electron chi connectivity index (χ1n) is 10.4. The van der Waals surface area contributed by atoms with Crippen LogP contribution < -0.4 is 5.32 Å². The number of amides is 1. The highest BCUT2D eigenvalue weighted by molar-refractivity contribution is 5.82. The highest BCUT2D eigenvalue weighted by Crippen LogP contribution is 2.32. The molecule has 152 valence electrons. The number of carbonyl (C=O) groups is 1. The quantitative estimate of drug-likeness (QED) is 0.694. The maximum Gasteiger partial charge on any atom is 0.217 e. The number of pyridine rings is 1. The van der Waals surface area contributed by atoms with Crippen LogP contribution in [0.1, 0.15) is 48.4 Å². The summed E-state index contributed by atoms with van der Waals surface area (Å²) in [5.74, 6) is 1.45. The lowest BCUT2D eigenvalue weighted by Crippen LogP contribution is -2.40. The van der Waals surface area contributed by atoms with Crippen LogP contribution >= 0.6 is 0 Å². The van der Waals surface area contributed by atoms with E-state index in [0.717, 1.165) is 49.5 Å². The van der Waals surface area contributed by atoms with Crippen molar-refractivity contribution in [2.24, 2.45) is 5.92 Å². The van der Waals surface area contributed by atoms with E-state index >= 15 is 0 Å². The summed E-state index contributed by atoms with van der Waals surface area (Å²) in [7, 11) is 0. The molecule has 0 aliphatic carbocycles. The zero-order valence-electron chi connectivity index (χ0n) is 17.4. The number of benzene rings is 1. The van der Waals surface area contributed by atoms with Gasteiger partial charge in [0.2, 0.25) is 5.91 Å². The molecule has 1 fully saturated rings. The molecule has 1 aromatic carbocycles. The van der Waals surface area contributed by atoms with E-state index in [1.54, 1.807) is 13.1 Å². The van der Waals surface area contributed by atoms with Crippen LogP contribution in [-0.2, 0) is 11.3 Å². The molecule has 1 N–H and O–H groups in total. The van der Waals surface area contributed by atoms with Crippen molar-refractivity contribution in [3.05, 3.63) is 65.2 Å². The van der Waals surface area contributed by atoms with Gasteiger partial charge in [-0.1, -0.05) is 17.7 Å². The Hall–Kier alpha value is -2.66. The number of likely N-dealkylation sites (tertiary alicyclic amines) is 1. The van der Waals surface area contributed by atoms with E-state index < -0.39 is 0 Å². The predicted octanol–water partition coefficient (Wildman–Crippen LogP) is 4.53. The summed E-state index contributed by atoms with van der Waals surface area (Å²) in [6.45, 7) is 8.66. The third-order valence-electron chi connectivity index (χ3n) is 6.03. The molecule has 1 atom stereocenters. The number of nitrogens with one attached hydrogen (secondary N) is 1. The molecule has 1 unspecified atom stereocenters. The van der Waals surface area contributed by atoms with E-state index in [1.807, 2.05) is 18.2 Å². The van der Waals surface area contributed by atoms with Crippen molar-refractivity contribution in [1.82, 2.24) is 15.2 Å². The molecular formula is C24H29N3O2. The van der Waals surface area contributed by atoms with Gasteiger partial charge < -0.3 is 9.73 Å². The molecule has 0 bridgehead atoms. The number of rotatable bonds is 5. The summed E-state index contributed by atoms with van der Waals surface area (Å²) in [4.78, 5) is 18.7. The summed E-state index contributed by atoms with van der Waals surface area (Å²) < 4.78 is 6.14. The standard InChI is InChI=1S/C24H29N3O2/c1-16-7-8-22-20(14-16)17(2)23(29-22)15-27-12-9-19(10-13-27)24(26-18(3)28)21-6-4-5-11-25-21/h4-8,11,14,19,24H,9-10,12-13,15H2,1-3H3,(H,26,28). The van der Waals surface area contributed by atoms with Crippen LogP contribution in [-0.4, -0.2) is 28.9 Å². The van der Waals surface area contributed by atoms with Crippen LogP contribution in [0.3, 0.4) is 0 Å². The van der Waals surface area contributed by atoms with Gasteiger partial charge in [0.1, 0.15) is 11.3 Å². The van der Waals surface area contributed by atoms with Gasteiger partial charge in [-0.3, -0.25) is 14.7 Å². The molecule has 3 heterocycles. The Bertz CT molecular complexity index is 988. The van der Waals surface area contributed by atoms with Crippen LogP contribution in [0.5, 0.6) is 0 Å². The van der Waals surface area contributed by atoms with Gasteiger partial charge in [0.25, 0.3) is 0 Å². The fourth-order valence-corrected chi connectivity index (χ4v) is 4.40. The molecule has 0 radical (unpaired) electrons. The molecule has 5 nitrogen and oxygen atoms in total. The van der Waals surface area contributed by atoms with Gasteiger partial charge in [0, 0.05) is 18.5 Å². The Morgan fingerprint density at radius 3 is 2.72 bits per heavy atom. The molecule has 3 aromatic rings. The van der Waals surface area contributed by atoms with Crippen molar-refractivity contribution in [1.29, 1.82) is 0 Å². The lowest BCUT2D eigenvalue weighted by atomic mass is 9.87. The summed E-state index contributed by atoms with van der Waals surface area (Å²) >= 11 is 0. The number of furan rings is 1. The molecular weight excluding hydrogens is 362 g/mol. The number of hydrogen-bond donors (Lipinski definition) is 1. The summed E-state index contributed by atoms with van der Waals surface area (Å²) in [6.07, 6.45) is 3.85. The number of aryl methyl sites for hydroxylation is 2. The maximum atomic E-state index is 11.8. The third kappa shape index (κ3) is 4.35. The van der Waals surface area contributed by atoms with Crippen LogP contribution in [0.4, 0.5) is 0 Å². The molecule has 5 heteroatoms. The van der Waals surface area contributed by atoms with Crippen molar-refractivity contribution in [3.8, 4) is 0 Å². The SMILES string of the molecule is CC(=O)NC(c1ccccn1)C1CCN(Cc2oc3ccc(C)cc3c2C)CC1. The fourth-order valence-electron chi connectivity index (χ4n) is 4.40. The molecule has 0 spiro atoms. The second-order valence-electron chi connectivity index (χ2n) is 8.20. The second-order valence-corrected chi connectivity index (χ2v) is 8.20. The lowest BCUT2D eigenvalue weighted by molar-refractivity contribution is -0.120. The smallest absolute Gasteiger partial charge is 0.217 e. The number of nitrogens with zero attached hydrogens (tertiary/aromatic N) is 2. The number of hydrogen-bond acceptors (Lipinski definition) is 4. The summed E-state index contributed by atoms with van der Waals surface area (Å²) in [6, 6.07) is 12.2. The van der Waals surface area contributed by atoms with Crippen molar-refractivity contribution in [3.63, 3.8) is 0 Å². The Kier molecular flexibility index (Phi) is 5.67. The fraction of sp³-hybridized carbons (Fsp3) is 0.417. The number of piperidine rings is 1. The largest absolute Gasteiger partial charge is 0.459 e. The van der Waals surface area contributed by atoms with E-state index in [4.69, 9.17) is 4.42 Å². The highest BCUT2D eigenvalue weighted by Gasteiger charge is 2.29. The number of aromatic nitrogens is 1. The average Bonchev–Trinajstić information content (AvgIpc) is 3.02. The monoisotopic (exact) mass is 391 g/mol. The topological polar surface area (TPSA) is 58.4 Å². The van der Waals surface area contributed by atoms with E-state index in [0.29, 0.717) is 5.92 Å². The molecule has 1 saturated heterocycles. The first-order chi connectivity index (χ1) is 14.0. The minimum atomic E-state index is -0.0215. The molecule has 4 rings (SSSR count). The van der Waals surface area contributed by atoms with Gasteiger partial charge in [-0.05, 0) is 75.5 Å². The second kappa shape index (κ2) is 8.37. The Morgan fingerprint density at radius 2 is 2.03 bits per heavy atom. The van der Waals surface area contributed by atoms with E-state index in [1.165, 1.54) is 16.5 Å². The maximum absolute atomic E-state index is 11.8. The van der Waals surface area contributed by atoms with Crippen molar-refractivity contribution in [2.45, 2.75) is 46.2 Å². The van der Waals surface area contributed by atoms with Gasteiger partial charge in [-0.2, -0.15) is 0 Å². The van der Waals surface area contributed by atoms with Crippen molar-refractivity contribution >= 4 is 16.9 Å². The predicted molar refractivity (Wildman–Crippen MR) is 114 cm³/mol. The molecule has 1 aliphatic heterocycles. The van der Waals surface area contributed by atoms with Gasteiger partial charge in [0.05, 0.1) is 18.3 Å². The van der Waals surface area contributed by atoms with Crippen molar-refractivity contribution in [2.75, 3.05) is 13.1 Å². The molecule has 1 aliphatic rings. The molecule has 1 amide bonds. The average molecular weight is 392 g/mol. The highest BCUT2D eigenvalue weighted by atomic mass is 16.3. The summed E-state index contributed by atoms with van der Waals surface area (Å²) in [5, 5.41) is 4.34. The lowest BCUT2D eigenvalue weighted by Gasteiger charge is -2.35. The first kappa shape index (κ1) is 19.6. The van der Waals surface area contributed by atoms with E-state index in [-0.39, 0.29) is 11.9 Å². The van der Waals surface area contributed by atoms with Crippen molar-refractivity contribution < 1.29 is 9.21 Å². The van der Waals surface area contributed by atoms with Crippen LogP contribution in [0.25, 0.3) is 11.0 Å². The van der Waals surface area contributed by atoms with E-state index in [2.05, 4.69) is 47.2 Å². The van der Waals surface area contributed by atoms with Gasteiger partial charge in [0.15, 0.2) is 0 Å². The first-order valence-corrected chi connectivity index (χ1v) is 10.4. The summed E-state index contributed by atoms with van der Waals surface area (Å²) in [5.41, 5.74) is 4.42. The Balaban J connectivity index is 1.43. The van der Waals surface area contributed by atoms with E-state index in [9.17, 15) is 4.79 Å². The minimum Gasteiger partial charge on any atom is -0.459 e. The zero-order chi connectivity index (χ0) is 20.4. The van der Waals surface area contributed by atoms with Crippen LogP contribution in [0.2, 0.25) is 0 Å². The zero-order valence-corrected chi connectivity index (χ0v) is 17.4. The third-order valence-corrected chi connectivity index (χ3v) is 6.03. The number of carbonyl (C=O) groups excluding carboxylic acids is 1. The normalized spacial score (nSPS) is 16.8. The van der Waals surface area contributed by atoms with Gasteiger partial charge in [-0.25, -0.2) is 0 Å². The molecule has 2 aromatic heterocycles. The van der Waals surface area contributed by atoms with Gasteiger partial charge in [-0.15, -0.1) is 0 Å². The number of fused-ring (bicyclic) bond motifs is 1.